The van der Waals surface area contributed by atoms with Gasteiger partial charge in [-0.2, -0.15) is 13.2 Å². The Morgan fingerprint density at radius 2 is 2.17 bits per heavy atom. The number of hydrogen-bond acceptors (Lipinski definition) is 2. The van der Waals surface area contributed by atoms with Crippen molar-refractivity contribution in [1.82, 2.24) is 0 Å². The van der Waals surface area contributed by atoms with Crippen molar-refractivity contribution < 1.29 is 17.9 Å². The minimum atomic E-state index is -4.40. The standard InChI is InChI=1S/C11H10F3N3O/c1-18-10-5-4-9(11(12,13)14)7-8(10)3-2-6-16-17-15/h2-5,7H,6H2,1H3. The lowest BCUT2D eigenvalue weighted by atomic mass is 10.1. The van der Waals surface area contributed by atoms with Gasteiger partial charge in [0.1, 0.15) is 5.75 Å². The van der Waals surface area contributed by atoms with Gasteiger partial charge in [-0.05, 0) is 23.7 Å². The highest BCUT2D eigenvalue weighted by Crippen LogP contribution is 2.32. The summed E-state index contributed by atoms with van der Waals surface area (Å²) in [5.74, 6) is 0.320. The lowest BCUT2D eigenvalue weighted by Crippen LogP contribution is -2.05. The van der Waals surface area contributed by atoms with Gasteiger partial charge in [-0.1, -0.05) is 17.3 Å². The number of hydrogen-bond donors (Lipinski definition) is 0. The van der Waals surface area contributed by atoms with Gasteiger partial charge < -0.3 is 4.74 Å². The monoisotopic (exact) mass is 257 g/mol. The Bertz CT molecular complexity index is 491. The molecular weight excluding hydrogens is 247 g/mol. The zero-order valence-corrected chi connectivity index (χ0v) is 9.48. The molecule has 0 aliphatic carbocycles. The number of methoxy groups -OCH3 is 1. The fraction of sp³-hybridized carbons (Fsp3) is 0.273. The van der Waals surface area contributed by atoms with Crippen LogP contribution in [-0.4, -0.2) is 13.7 Å². The van der Waals surface area contributed by atoms with E-state index in [2.05, 4.69) is 10.0 Å². The predicted molar refractivity (Wildman–Crippen MR) is 61.0 cm³/mol. The first-order valence-electron chi connectivity index (χ1n) is 4.91. The smallest absolute Gasteiger partial charge is 0.416 e. The zero-order valence-electron chi connectivity index (χ0n) is 9.48. The van der Waals surface area contributed by atoms with Crippen molar-refractivity contribution in [3.05, 3.63) is 45.8 Å². The van der Waals surface area contributed by atoms with Gasteiger partial charge in [0.05, 0.1) is 12.7 Å². The van der Waals surface area contributed by atoms with Crippen LogP contribution in [0, 0.1) is 0 Å². The van der Waals surface area contributed by atoms with E-state index in [1.807, 2.05) is 0 Å². The number of halogens is 3. The van der Waals surface area contributed by atoms with E-state index in [0.717, 1.165) is 12.1 Å². The van der Waals surface area contributed by atoms with Crippen LogP contribution in [0.25, 0.3) is 16.5 Å². The van der Waals surface area contributed by atoms with Crippen LogP contribution < -0.4 is 4.74 Å². The molecule has 1 rings (SSSR count). The topological polar surface area (TPSA) is 58.0 Å². The second-order valence-corrected chi connectivity index (χ2v) is 3.27. The summed E-state index contributed by atoms with van der Waals surface area (Å²) in [5, 5.41) is 3.24. The molecule has 4 nitrogen and oxygen atoms in total. The molecular formula is C11H10F3N3O. The molecule has 0 unspecified atom stereocenters. The summed E-state index contributed by atoms with van der Waals surface area (Å²) >= 11 is 0. The van der Waals surface area contributed by atoms with E-state index in [-0.39, 0.29) is 12.1 Å². The fourth-order valence-electron chi connectivity index (χ4n) is 1.30. The first-order chi connectivity index (χ1) is 8.49. The Morgan fingerprint density at radius 1 is 1.44 bits per heavy atom. The minimum absolute atomic E-state index is 0.0654. The number of ether oxygens (including phenoxy) is 1. The van der Waals surface area contributed by atoms with Crippen LogP contribution in [-0.2, 0) is 6.18 Å². The average Bonchev–Trinajstić information content (AvgIpc) is 2.33. The summed E-state index contributed by atoms with van der Waals surface area (Å²) in [5.41, 5.74) is 7.59. The van der Waals surface area contributed by atoms with E-state index in [1.54, 1.807) is 0 Å². The first-order valence-corrected chi connectivity index (χ1v) is 4.91. The molecule has 0 saturated heterocycles. The fourth-order valence-corrected chi connectivity index (χ4v) is 1.30. The molecule has 0 fully saturated rings. The lowest BCUT2D eigenvalue weighted by Gasteiger charge is -2.10. The van der Waals surface area contributed by atoms with Crippen molar-refractivity contribution in [2.45, 2.75) is 6.18 Å². The third-order valence-corrected chi connectivity index (χ3v) is 2.10. The van der Waals surface area contributed by atoms with E-state index < -0.39 is 11.7 Å². The number of rotatable bonds is 4. The molecule has 1 aromatic rings. The third kappa shape index (κ3) is 3.71. The highest BCUT2D eigenvalue weighted by atomic mass is 19.4. The van der Waals surface area contributed by atoms with Gasteiger partial charge in [-0.15, -0.1) is 0 Å². The number of benzene rings is 1. The van der Waals surface area contributed by atoms with Gasteiger partial charge in [-0.3, -0.25) is 0 Å². The Labute approximate surface area is 101 Å². The van der Waals surface area contributed by atoms with Crippen LogP contribution in [0.4, 0.5) is 13.2 Å². The van der Waals surface area contributed by atoms with Crippen molar-refractivity contribution in [2.75, 3.05) is 13.7 Å². The Hall–Kier alpha value is -2.14. The minimum Gasteiger partial charge on any atom is -0.496 e. The van der Waals surface area contributed by atoms with Crippen molar-refractivity contribution >= 4 is 6.08 Å². The van der Waals surface area contributed by atoms with E-state index >= 15 is 0 Å². The molecule has 7 heteroatoms. The van der Waals surface area contributed by atoms with E-state index in [9.17, 15) is 13.2 Å². The van der Waals surface area contributed by atoms with Crippen LogP contribution in [0.3, 0.4) is 0 Å². The molecule has 0 atom stereocenters. The SMILES string of the molecule is COc1ccc(C(F)(F)F)cc1C=CCN=[N+]=[N-]. The second kappa shape index (κ2) is 5.97. The summed E-state index contributed by atoms with van der Waals surface area (Å²) in [6.45, 7) is 0.0654. The normalized spacial score (nSPS) is 11.3. The Balaban J connectivity index is 3.06. The molecule has 0 N–H and O–H groups in total. The summed E-state index contributed by atoms with van der Waals surface area (Å²) < 4.78 is 42.5. The van der Waals surface area contributed by atoms with Crippen molar-refractivity contribution in [3.63, 3.8) is 0 Å². The first kappa shape index (κ1) is 13.9. The highest BCUT2D eigenvalue weighted by molar-refractivity contribution is 5.58. The van der Waals surface area contributed by atoms with Crippen LogP contribution in [0.15, 0.2) is 29.4 Å². The van der Waals surface area contributed by atoms with Gasteiger partial charge in [0, 0.05) is 17.0 Å². The molecule has 0 heterocycles. The van der Waals surface area contributed by atoms with Crippen molar-refractivity contribution in [3.8, 4) is 5.75 Å². The van der Waals surface area contributed by atoms with Crippen LogP contribution in [0.5, 0.6) is 5.75 Å². The quantitative estimate of drug-likeness (QED) is 0.456. The molecule has 1 aromatic carbocycles. The van der Waals surface area contributed by atoms with Crippen LogP contribution in [0.2, 0.25) is 0 Å². The van der Waals surface area contributed by atoms with Gasteiger partial charge in [0.15, 0.2) is 0 Å². The largest absolute Gasteiger partial charge is 0.496 e. The van der Waals surface area contributed by atoms with E-state index in [1.165, 1.54) is 25.3 Å². The summed E-state index contributed by atoms with van der Waals surface area (Å²) in [7, 11) is 1.37. The molecule has 0 aliphatic heterocycles. The van der Waals surface area contributed by atoms with Gasteiger partial charge >= 0.3 is 6.18 Å². The van der Waals surface area contributed by atoms with Crippen LogP contribution >= 0.6 is 0 Å². The van der Waals surface area contributed by atoms with E-state index in [4.69, 9.17) is 10.3 Å². The highest BCUT2D eigenvalue weighted by Gasteiger charge is 2.30. The molecule has 96 valence electrons. The average molecular weight is 257 g/mol. The second-order valence-electron chi connectivity index (χ2n) is 3.27. The van der Waals surface area contributed by atoms with Gasteiger partial charge in [0.25, 0.3) is 0 Å². The number of alkyl halides is 3. The molecule has 0 bridgehead atoms. The van der Waals surface area contributed by atoms with Crippen molar-refractivity contribution in [1.29, 1.82) is 0 Å². The summed E-state index contributed by atoms with van der Waals surface area (Å²) in [6, 6.07) is 3.17. The van der Waals surface area contributed by atoms with E-state index in [0.29, 0.717) is 5.75 Å². The zero-order chi connectivity index (χ0) is 13.6. The number of nitrogens with zero attached hydrogens (tertiary/aromatic N) is 3. The Morgan fingerprint density at radius 3 is 2.72 bits per heavy atom. The number of azide groups is 1. The molecule has 0 aromatic heterocycles. The molecule has 0 amide bonds. The maximum atomic E-state index is 12.5. The van der Waals surface area contributed by atoms with Gasteiger partial charge in [0.2, 0.25) is 0 Å². The molecule has 0 spiro atoms. The lowest BCUT2D eigenvalue weighted by molar-refractivity contribution is -0.137. The maximum Gasteiger partial charge on any atom is 0.416 e. The summed E-state index contributed by atoms with van der Waals surface area (Å²) in [6.07, 6.45) is -1.53. The maximum absolute atomic E-state index is 12.5. The van der Waals surface area contributed by atoms with Crippen LogP contribution in [0.1, 0.15) is 11.1 Å². The predicted octanol–water partition coefficient (Wildman–Crippen LogP) is 4.04. The summed E-state index contributed by atoms with van der Waals surface area (Å²) in [4.78, 5) is 2.53. The molecule has 0 radical (unpaired) electrons. The Kier molecular flexibility index (Phi) is 4.62. The van der Waals surface area contributed by atoms with Gasteiger partial charge in [-0.25, -0.2) is 0 Å². The molecule has 18 heavy (non-hydrogen) atoms. The third-order valence-electron chi connectivity index (χ3n) is 2.10. The van der Waals surface area contributed by atoms with Crippen molar-refractivity contribution in [2.24, 2.45) is 5.11 Å². The molecule has 0 saturated carbocycles. The molecule has 0 aliphatic rings.